The lowest BCUT2D eigenvalue weighted by Crippen LogP contribution is -2.21. The molecule has 1 heterocycles. The van der Waals surface area contributed by atoms with Gasteiger partial charge >= 0.3 is 5.97 Å². The summed E-state index contributed by atoms with van der Waals surface area (Å²) in [7, 11) is 0. The van der Waals surface area contributed by atoms with E-state index in [1.54, 1.807) is 19.1 Å². The number of nitrogens with one attached hydrogen (secondary N) is 1. The van der Waals surface area contributed by atoms with Crippen molar-refractivity contribution in [3.63, 3.8) is 0 Å². The minimum atomic E-state index is -0.815. The predicted octanol–water partition coefficient (Wildman–Crippen LogP) is 3.20. The number of esters is 1. The van der Waals surface area contributed by atoms with Gasteiger partial charge in [0.25, 0.3) is 5.91 Å². The van der Waals surface area contributed by atoms with Crippen LogP contribution in [0.1, 0.15) is 16.1 Å². The van der Waals surface area contributed by atoms with E-state index in [4.69, 9.17) is 27.9 Å². The van der Waals surface area contributed by atoms with Crippen LogP contribution in [0.15, 0.2) is 30.3 Å². The minimum absolute atomic E-state index is 0.0289. The van der Waals surface area contributed by atoms with Crippen LogP contribution >= 0.6 is 23.2 Å². The number of aromatic nitrogens is 1. The number of carbonyl (C=O) groups excluding carboxylic acids is 2. The number of aromatic hydroxyl groups is 1. The number of para-hydroxylation sites is 1. The first kappa shape index (κ1) is 17.1. The molecule has 2 aromatic rings. The number of rotatable bonds is 4. The van der Waals surface area contributed by atoms with Gasteiger partial charge in [-0.05, 0) is 25.1 Å². The molecule has 6 nitrogen and oxygen atoms in total. The number of ether oxygens (including phenoxy) is 1. The lowest BCUT2D eigenvalue weighted by Gasteiger charge is -2.09. The van der Waals surface area contributed by atoms with Gasteiger partial charge in [-0.2, -0.15) is 0 Å². The fourth-order valence-corrected chi connectivity index (χ4v) is 2.08. The molecule has 1 amide bonds. The highest BCUT2D eigenvalue weighted by atomic mass is 35.5. The fraction of sp³-hybridized carbons (Fsp3) is 0.133. The molecule has 0 radical (unpaired) electrons. The van der Waals surface area contributed by atoms with Crippen LogP contribution in [-0.4, -0.2) is 28.6 Å². The first-order valence-electron chi connectivity index (χ1n) is 6.46. The average Bonchev–Trinajstić information content (AvgIpc) is 2.51. The molecule has 1 aromatic heterocycles. The maximum absolute atomic E-state index is 11.8. The van der Waals surface area contributed by atoms with E-state index in [0.717, 1.165) is 0 Å². The van der Waals surface area contributed by atoms with Crippen LogP contribution < -0.4 is 5.32 Å². The smallest absolute Gasteiger partial charge is 0.342 e. The van der Waals surface area contributed by atoms with Gasteiger partial charge in [0.05, 0.1) is 15.7 Å². The summed E-state index contributed by atoms with van der Waals surface area (Å²) >= 11 is 11.8. The van der Waals surface area contributed by atoms with Crippen molar-refractivity contribution in [2.75, 3.05) is 11.9 Å². The number of aryl methyl sites for hydroxylation is 1. The zero-order chi connectivity index (χ0) is 17.0. The van der Waals surface area contributed by atoms with Gasteiger partial charge in [0, 0.05) is 0 Å². The quantitative estimate of drug-likeness (QED) is 0.823. The Morgan fingerprint density at radius 2 is 1.96 bits per heavy atom. The molecule has 0 aliphatic rings. The van der Waals surface area contributed by atoms with Crippen molar-refractivity contribution in [1.29, 1.82) is 0 Å². The molecule has 0 saturated heterocycles. The molecule has 23 heavy (non-hydrogen) atoms. The number of hydrogen-bond donors (Lipinski definition) is 2. The summed E-state index contributed by atoms with van der Waals surface area (Å²) in [5, 5.41) is 12.5. The van der Waals surface area contributed by atoms with E-state index >= 15 is 0 Å². The van der Waals surface area contributed by atoms with Crippen LogP contribution in [0.25, 0.3) is 0 Å². The Morgan fingerprint density at radius 3 is 2.65 bits per heavy atom. The van der Waals surface area contributed by atoms with Crippen molar-refractivity contribution in [1.82, 2.24) is 4.98 Å². The Morgan fingerprint density at radius 1 is 1.26 bits per heavy atom. The fourth-order valence-electron chi connectivity index (χ4n) is 1.67. The number of nitrogens with zero attached hydrogens (tertiary/aromatic N) is 1. The van der Waals surface area contributed by atoms with Crippen molar-refractivity contribution in [3.05, 3.63) is 51.6 Å². The first-order chi connectivity index (χ1) is 10.9. The van der Waals surface area contributed by atoms with Gasteiger partial charge in [-0.25, -0.2) is 9.78 Å². The Labute approximate surface area is 142 Å². The van der Waals surface area contributed by atoms with Crippen molar-refractivity contribution >= 4 is 40.9 Å². The molecular weight excluding hydrogens is 343 g/mol. The monoisotopic (exact) mass is 354 g/mol. The van der Waals surface area contributed by atoms with E-state index in [-0.39, 0.29) is 22.2 Å². The third-order valence-electron chi connectivity index (χ3n) is 2.82. The van der Waals surface area contributed by atoms with Gasteiger partial charge in [-0.3, -0.25) is 4.79 Å². The Hall–Kier alpha value is -2.31. The Bertz CT molecular complexity index is 765. The maximum Gasteiger partial charge on any atom is 0.342 e. The highest BCUT2D eigenvalue weighted by molar-refractivity contribution is 6.36. The van der Waals surface area contributed by atoms with E-state index < -0.39 is 18.5 Å². The van der Waals surface area contributed by atoms with Gasteiger partial charge in [0.15, 0.2) is 12.4 Å². The third kappa shape index (κ3) is 4.34. The minimum Gasteiger partial charge on any atom is -0.507 e. The van der Waals surface area contributed by atoms with Gasteiger partial charge in [0.2, 0.25) is 0 Å². The number of carbonyl (C=O) groups is 2. The van der Waals surface area contributed by atoms with Gasteiger partial charge in [-0.1, -0.05) is 35.3 Å². The molecule has 2 rings (SSSR count). The molecule has 0 fully saturated rings. The van der Waals surface area contributed by atoms with Crippen molar-refractivity contribution in [3.8, 4) is 5.75 Å². The van der Waals surface area contributed by atoms with Crippen LogP contribution in [-0.2, 0) is 9.53 Å². The lowest BCUT2D eigenvalue weighted by atomic mass is 10.2. The summed E-state index contributed by atoms with van der Waals surface area (Å²) in [5.41, 5.74) is 0.469. The van der Waals surface area contributed by atoms with Gasteiger partial charge in [-0.15, -0.1) is 0 Å². The molecule has 120 valence electrons. The summed E-state index contributed by atoms with van der Waals surface area (Å²) in [6.07, 6.45) is 0. The highest BCUT2D eigenvalue weighted by Gasteiger charge is 2.15. The number of anilines is 1. The predicted molar refractivity (Wildman–Crippen MR) is 86.0 cm³/mol. The summed E-state index contributed by atoms with van der Waals surface area (Å²) in [6, 6.07) is 7.31. The van der Waals surface area contributed by atoms with E-state index in [1.807, 2.05) is 0 Å². The molecule has 2 N–H and O–H groups in total. The van der Waals surface area contributed by atoms with Gasteiger partial charge in [0.1, 0.15) is 11.3 Å². The zero-order valence-electron chi connectivity index (χ0n) is 12.0. The van der Waals surface area contributed by atoms with Crippen molar-refractivity contribution in [2.45, 2.75) is 6.92 Å². The van der Waals surface area contributed by atoms with Crippen LogP contribution in [0.3, 0.4) is 0 Å². The Balaban J connectivity index is 1.97. The number of benzene rings is 1. The number of phenols is 1. The molecule has 0 spiro atoms. The van der Waals surface area contributed by atoms with E-state index in [1.165, 1.54) is 18.2 Å². The number of phenolic OH excluding ortho intramolecular Hbond substituents is 1. The Kier molecular flexibility index (Phi) is 5.41. The van der Waals surface area contributed by atoms with Crippen LogP contribution in [0.4, 0.5) is 5.82 Å². The number of pyridine rings is 1. The number of amides is 1. The van der Waals surface area contributed by atoms with E-state index in [9.17, 15) is 14.7 Å². The summed E-state index contributed by atoms with van der Waals surface area (Å²) in [6.45, 7) is 1.11. The van der Waals surface area contributed by atoms with Crippen LogP contribution in [0.2, 0.25) is 10.0 Å². The second-order valence-electron chi connectivity index (χ2n) is 4.53. The second kappa shape index (κ2) is 7.30. The summed E-state index contributed by atoms with van der Waals surface area (Å²) in [5.74, 6) is -1.54. The lowest BCUT2D eigenvalue weighted by molar-refractivity contribution is -0.119. The topological polar surface area (TPSA) is 88.5 Å². The average molecular weight is 355 g/mol. The normalized spacial score (nSPS) is 10.2. The summed E-state index contributed by atoms with van der Waals surface area (Å²) in [4.78, 5) is 27.6. The summed E-state index contributed by atoms with van der Waals surface area (Å²) < 4.78 is 4.83. The molecule has 0 aliphatic heterocycles. The SMILES string of the molecule is Cc1nc(NC(=O)COC(=O)c2ccccc2O)c(Cl)cc1Cl. The molecule has 0 atom stereocenters. The zero-order valence-corrected chi connectivity index (χ0v) is 13.5. The first-order valence-corrected chi connectivity index (χ1v) is 7.21. The molecule has 1 aromatic carbocycles. The second-order valence-corrected chi connectivity index (χ2v) is 5.34. The van der Waals surface area contributed by atoms with E-state index in [0.29, 0.717) is 10.7 Å². The van der Waals surface area contributed by atoms with E-state index in [2.05, 4.69) is 10.3 Å². The van der Waals surface area contributed by atoms with Crippen LogP contribution in [0, 0.1) is 6.92 Å². The largest absolute Gasteiger partial charge is 0.507 e. The van der Waals surface area contributed by atoms with Crippen molar-refractivity contribution in [2.24, 2.45) is 0 Å². The molecule has 8 heteroatoms. The highest BCUT2D eigenvalue weighted by Crippen LogP contribution is 2.25. The number of hydrogen-bond acceptors (Lipinski definition) is 5. The molecular formula is C15H12Cl2N2O4. The molecule has 0 saturated carbocycles. The molecule has 0 bridgehead atoms. The molecule has 0 aliphatic carbocycles. The third-order valence-corrected chi connectivity index (χ3v) is 3.49. The number of halogens is 2. The standard InChI is InChI=1S/C15H12Cl2N2O4/c1-8-10(16)6-11(17)14(18-8)19-13(21)7-23-15(22)9-4-2-3-5-12(9)20/h2-6,20H,7H2,1H3,(H,18,19,21). The van der Waals surface area contributed by atoms with Crippen LogP contribution in [0.5, 0.6) is 5.75 Å². The maximum atomic E-state index is 11.8. The van der Waals surface area contributed by atoms with Gasteiger partial charge < -0.3 is 15.2 Å². The van der Waals surface area contributed by atoms with Crippen molar-refractivity contribution < 1.29 is 19.4 Å². The molecule has 0 unspecified atom stereocenters.